The Morgan fingerprint density at radius 1 is 1.05 bits per heavy atom. The molecule has 1 saturated heterocycles. The van der Waals surface area contributed by atoms with E-state index >= 15 is 0 Å². The maximum Gasteiger partial charge on any atom is 0.573 e. The highest BCUT2D eigenvalue weighted by Crippen LogP contribution is 2.27. The van der Waals surface area contributed by atoms with Crippen LogP contribution >= 0.6 is 0 Å². The maximum atomic E-state index is 12.8. The van der Waals surface area contributed by atoms with E-state index in [-0.39, 0.29) is 18.7 Å². The van der Waals surface area contributed by atoms with E-state index < -0.39 is 58.3 Å². The lowest BCUT2D eigenvalue weighted by Crippen LogP contribution is -2.55. The first kappa shape index (κ1) is 32.2. The van der Waals surface area contributed by atoms with Gasteiger partial charge in [0.15, 0.2) is 0 Å². The van der Waals surface area contributed by atoms with Crippen LogP contribution in [0, 0.1) is 29.1 Å². The topological polar surface area (TPSA) is 152 Å². The van der Waals surface area contributed by atoms with Crippen LogP contribution < -0.4 is 19.7 Å². The summed E-state index contributed by atoms with van der Waals surface area (Å²) in [5.74, 6) is 2.34. The first-order valence-electron chi connectivity index (χ1n) is 12.6. The fraction of sp³-hybridized carbons (Fsp3) is 0.370. The predicted octanol–water partition coefficient (Wildman–Crippen LogP) is 2.30. The van der Waals surface area contributed by atoms with Crippen LogP contribution in [-0.2, 0) is 15.0 Å². The number of ether oxygens (including phenoxy) is 1. The molecule has 3 rings (SSSR count). The summed E-state index contributed by atoms with van der Waals surface area (Å²) in [5.41, 5.74) is 1.19. The molecule has 15 heteroatoms. The minimum atomic E-state index is -5.02. The van der Waals surface area contributed by atoms with Gasteiger partial charge in [-0.15, -0.1) is 13.2 Å². The van der Waals surface area contributed by atoms with Crippen molar-refractivity contribution in [3.63, 3.8) is 0 Å². The van der Waals surface area contributed by atoms with Crippen LogP contribution in [0.15, 0.2) is 42.5 Å². The zero-order valence-electron chi connectivity index (χ0n) is 22.6. The molecule has 224 valence electrons. The number of nitrogens with zero attached hydrogens (tertiary/aromatic N) is 3. The van der Waals surface area contributed by atoms with E-state index in [4.69, 9.17) is 5.26 Å². The second kappa shape index (κ2) is 13.6. The van der Waals surface area contributed by atoms with Crippen molar-refractivity contribution in [2.75, 3.05) is 37.6 Å². The molecule has 1 aliphatic rings. The standard InChI is InChI=1S/C27H28F3N5O6S/c1-18(2)24(26(37)38)33-42(39,40)35-15-13-34(14-16-35)21-8-5-19(6-9-21)3-4-20-7-10-23(41-27(28,29)30)22(17-20)25(36)32-12-11-31/h5-10,17-18,24,33H,12-16H2,1-2H3,(H,32,36)(H,37,38)/t24-/m1/s1. The van der Waals surface area contributed by atoms with Crippen molar-refractivity contribution in [1.82, 2.24) is 14.3 Å². The van der Waals surface area contributed by atoms with Crippen molar-refractivity contribution in [2.45, 2.75) is 26.3 Å². The quantitative estimate of drug-likeness (QED) is 0.290. The number of nitrogens with one attached hydrogen (secondary N) is 2. The third kappa shape index (κ3) is 8.84. The number of piperazine rings is 1. The number of alkyl halides is 3. The third-order valence-corrected chi connectivity index (χ3v) is 7.75. The normalized spacial score (nSPS) is 14.8. The smallest absolute Gasteiger partial charge is 0.480 e. The lowest BCUT2D eigenvalue weighted by atomic mass is 10.1. The van der Waals surface area contributed by atoms with Crippen molar-refractivity contribution in [3.8, 4) is 23.7 Å². The number of anilines is 1. The van der Waals surface area contributed by atoms with Gasteiger partial charge in [0.25, 0.3) is 16.1 Å². The number of carboxylic acid groups (broad SMARTS) is 1. The van der Waals surface area contributed by atoms with Crippen molar-refractivity contribution < 1.29 is 41.0 Å². The van der Waals surface area contributed by atoms with E-state index in [9.17, 15) is 36.3 Å². The molecule has 42 heavy (non-hydrogen) atoms. The van der Waals surface area contributed by atoms with Crippen LogP contribution in [0.1, 0.15) is 35.3 Å². The van der Waals surface area contributed by atoms with Gasteiger partial charge < -0.3 is 20.1 Å². The fourth-order valence-electron chi connectivity index (χ4n) is 4.01. The number of hydrogen-bond acceptors (Lipinski definition) is 7. The van der Waals surface area contributed by atoms with Crippen molar-refractivity contribution in [2.24, 2.45) is 5.92 Å². The van der Waals surface area contributed by atoms with Gasteiger partial charge in [0.1, 0.15) is 18.3 Å². The van der Waals surface area contributed by atoms with Gasteiger partial charge in [-0.2, -0.15) is 22.7 Å². The van der Waals surface area contributed by atoms with Crippen LogP contribution in [0.5, 0.6) is 5.75 Å². The average Bonchev–Trinajstić information content (AvgIpc) is 2.93. The molecule has 1 atom stereocenters. The summed E-state index contributed by atoms with van der Waals surface area (Å²) in [5, 5.41) is 20.1. The Morgan fingerprint density at radius 3 is 2.19 bits per heavy atom. The highest BCUT2D eigenvalue weighted by molar-refractivity contribution is 7.87. The van der Waals surface area contributed by atoms with Crippen LogP contribution in [0.2, 0.25) is 0 Å². The van der Waals surface area contributed by atoms with Gasteiger partial charge in [-0.05, 0) is 48.4 Å². The second-order valence-corrected chi connectivity index (χ2v) is 11.2. The molecule has 0 unspecified atom stereocenters. The summed E-state index contributed by atoms with van der Waals surface area (Å²) < 4.78 is 71.0. The Kier molecular flexibility index (Phi) is 10.4. The average molecular weight is 608 g/mol. The number of carbonyl (C=O) groups is 2. The first-order valence-corrected chi connectivity index (χ1v) is 14.1. The van der Waals surface area contributed by atoms with Gasteiger partial charge in [-0.3, -0.25) is 9.59 Å². The zero-order valence-corrected chi connectivity index (χ0v) is 23.4. The monoisotopic (exact) mass is 607 g/mol. The van der Waals surface area contributed by atoms with Gasteiger partial charge in [-0.1, -0.05) is 25.7 Å². The molecule has 3 N–H and O–H groups in total. The largest absolute Gasteiger partial charge is 0.573 e. The number of carboxylic acids is 1. The zero-order chi connectivity index (χ0) is 31.1. The third-order valence-electron chi connectivity index (χ3n) is 6.15. The van der Waals surface area contributed by atoms with Gasteiger partial charge >= 0.3 is 12.3 Å². The summed E-state index contributed by atoms with van der Waals surface area (Å²) in [6.07, 6.45) is -5.02. The minimum absolute atomic E-state index is 0.152. The molecule has 2 aromatic carbocycles. The highest BCUT2D eigenvalue weighted by Gasteiger charge is 2.34. The van der Waals surface area contributed by atoms with Gasteiger partial charge in [0.05, 0.1) is 11.6 Å². The lowest BCUT2D eigenvalue weighted by molar-refractivity contribution is -0.274. The molecule has 0 spiro atoms. The summed E-state index contributed by atoms with van der Waals surface area (Å²) in [6.45, 7) is 3.87. The summed E-state index contributed by atoms with van der Waals surface area (Å²) in [4.78, 5) is 25.6. The molecule has 0 bridgehead atoms. The van der Waals surface area contributed by atoms with E-state index in [1.54, 1.807) is 44.2 Å². The summed E-state index contributed by atoms with van der Waals surface area (Å²) in [7, 11) is -3.99. The molecule has 2 aromatic rings. The number of rotatable bonds is 9. The Hall–Kier alpha value is -4.31. The Bertz CT molecular complexity index is 1500. The molecular weight excluding hydrogens is 579 g/mol. The number of halogens is 3. The molecule has 0 aromatic heterocycles. The van der Waals surface area contributed by atoms with Crippen LogP contribution in [0.4, 0.5) is 18.9 Å². The van der Waals surface area contributed by atoms with Crippen LogP contribution in [-0.4, -0.2) is 74.8 Å². The molecule has 1 heterocycles. The molecule has 1 aliphatic heterocycles. The van der Waals surface area contributed by atoms with E-state index in [0.29, 0.717) is 18.7 Å². The SMILES string of the molecule is CC(C)[C@@H](NS(=O)(=O)N1CCN(c2ccc(C#Cc3ccc(OC(F)(F)F)c(C(=O)NCC#N)c3)cc2)CC1)C(=O)O. The van der Waals surface area contributed by atoms with E-state index in [1.165, 1.54) is 10.4 Å². The fourth-order valence-corrected chi connectivity index (χ4v) is 5.49. The van der Waals surface area contributed by atoms with Crippen molar-refractivity contribution >= 4 is 27.8 Å². The van der Waals surface area contributed by atoms with Crippen LogP contribution in [0.3, 0.4) is 0 Å². The van der Waals surface area contributed by atoms with Gasteiger partial charge in [0.2, 0.25) is 0 Å². The Balaban J connectivity index is 1.68. The first-order chi connectivity index (χ1) is 19.7. The van der Waals surface area contributed by atoms with Gasteiger partial charge in [0, 0.05) is 43.0 Å². The second-order valence-electron chi connectivity index (χ2n) is 9.47. The molecule has 11 nitrogen and oxygen atoms in total. The molecule has 1 fully saturated rings. The van der Waals surface area contributed by atoms with E-state index in [2.05, 4.69) is 26.6 Å². The summed E-state index contributed by atoms with van der Waals surface area (Å²) in [6, 6.07) is 10.8. The predicted molar refractivity (Wildman–Crippen MR) is 146 cm³/mol. The molecular formula is C27H28F3N5O6S. The molecule has 0 saturated carbocycles. The van der Waals surface area contributed by atoms with Crippen LogP contribution in [0.25, 0.3) is 0 Å². The molecule has 1 amide bonds. The Morgan fingerprint density at radius 2 is 1.64 bits per heavy atom. The maximum absolute atomic E-state index is 12.8. The lowest BCUT2D eigenvalue weighted by Gasteiger charge is -2.36. The number of aliphatic carboxylic acids is 1. The van der Waals surface area contributed by atoms with E-state index in [1.807, 2.05) is 4.90 Å². The van der Waals surface area contributed by atoms with Gasteiger partial charge in [-0.25, -0.2) is 0 Å². The Labute approximate surface area is 241 Å². The molecule has 0 aliphatic carbocycles. The number of hydrogen-bond donors (Lipinski definition) is 3. The number of nitriles is 1. The summed E-state index contributed by atoms with van der Waals surface area (Å²) >= 11 is 0. The molecule has 0 radical (unpaired) electrons. The highest BCUT2D eigenvalue weighted by atomic mass is 32.2. The van der Waals surface area contributed by atoms with Crippen molar-refractivity contribution in [3.05, 3.63) is 59.2 Å². The number of benzene rings is 2. The number of amides is 1. The van der Waals surface area contributed by atoms with Crippen molar-refractivity contribution in [1.29, 1.82) is 5.26 Å². The van der Waals surface area contributed by atoms with E-state index in [0.717, 1.165) is 17.8 Å². The number of carbonyl (C=O) groups excluding carboxylic acids is 1. The minimum Gasteiger partial charge on any atom is -0.480 e.